The fourth-order valence-electron chi connectivity index (χ4n) is 11.6. The summed E-state index contributed by atoms with van der Waals surface area (Å²) in [5, 5.41) is 7.20. The van der Waals surface area contributed by atoms with E-state index in [-0.39, 0.29) is 5.41 Å². The Bertz CT molecular complexity index is 3680. The fourth-order valence-corrected chi connectivity index (χ4v) is 14.9. The zero-order valence-corrected chi connectivity index (χ0v) is 38.2. The third-order valence-corrected chi connectivity index (χ3v) is 17.6. The molecule has 0 unspecified atom stereocenters. The van der Waals surface area contributed by atoms with Crippen molar-refractivity contribution in [2.75, 3.05) is 9.80 Å². The van der Waals surface area contributed by atoms with Crippen LogP contribution in [-0.4, -0.2) is 0 Å². The molecule has 0 saturated carbocycles. The monoisotopic (exact) mass is 884 g/mol. The second-order valence-electron chi connectivity index (χ2n) is 18.0. The van der Waals surface area contributed by atoms with Gasteiger partial charge in [0.1, 0.15) is 0 Å². The molecule has 0 atom stereocenters. The second kappa shape index (κ2) is 13.7. The normalized spacial score (nSPS) is 14.5. The van der Waals surface area contributed by atoms with Crippen LogP contribution >= 0.6 is 34.0 Å². The van der Waals surface area contributed by atoms with E-state index < -0.39 is 5.41 Å². The van der Waals surface area contributed by atoms with Crippen LogP contribution in [0.1, 0.15) is 47.2 Å². The number of anilines is 6. The largest absolute Gasteiger partial charge is 0.310 e. The van der Waals surface area contributed by atoms with Crippen molar-refractivity contribution in [3.05, 3.63) is 238 Å². The van der Waals surface area contributed by atoms with Gasteiger partial charge < -0.3 is 9.80 Å². The van der Waals surface area contributed by atoms with Gasteiger partial charge in [0.15, 0.2) is 0 Å². The quantitative estimate of drug-likeness (QED) is 0.170. The molecule has 0 N–H and O–H groups in total. The van der Waals surface area contributed by atoms with Gasteiger partial charge in [-0.2, -0.15) is 0 Å². The standard InChI is InChI=1S/C60H40N2S3/c1-59(2)47-19-8-6-17-43(47)44-28-27-42(36-52(44)59)61(39-25-23-38(24-26-39)37-13-4-3-5-14-37)40-15-12-16-41(35-40)62-53-21-10-9-20-48(53)60(50-31-33-63-57(50)58-51(60)32-34-64-58)49-30-29-46-45-18-7-11-22-54(45)65-56(46)55(49)62/h3-36H,1-2H3. The Kier molecular flexibility index (Phi) is 7.90. The maximum Gasteiger partial charge on any atom is 0.0771 e. The van der Waals surface area contributed by atoms with E-state index in [1.54, 1.807) is 0 Å². The van der Waals surface area contributed by atoms with Gasteiger partial charge in [-0.15, -0.1) is 34.0 Å². The van der Waals surface area contributed by atoms with Crippen LogP contribution in [0, 0.1) is 0 Å². The molecule has 3 aromatic heterocycles. The highest BCUT2D eigenvalue weighted by molar-refractivity contribution is 7.26. The number of benzene rings is 8. The molecule has 11 aromatic rings. The summed E-state index contributed by atoms with van der Waals surface area (Å²) in [6.45, 7) is 4.74. The Morgan fingerprint density at radius 2 is 1.11 bits per heavy atom. The van der Waals surface area contributed by atoms with E-state index in [1.807, 2.05) is 34.0 Å². The molecule has 0 fully saturated rings. The molecule has 0 amide bonds. The van der Waals surface area contributed by atoms with Gasteiger partial charge in [-0.1, -0.05) is 141 Å². The van der Waals surface area contributed by atoms with E-state index >= 15 is 0 Å². The second-order valence-corrected chi connectivity index (χ2v) is 20.9. The number of fused-ring (bicyclic) bond motifs is 16. The molecule has 8 aromatic carbocycles. The van der Waals surface area contributed by atoms with Gasteiger partial charge in [0.25, 0.3) is 0 Å². The maximum atomic E-state index is 2.59. The first kappa shape index (κ1) is 37.4. The first-order chi connectivity index (χ1) is 32.0. The number of hydrogen-bond donors (Lipinski definition) is 0. The molecular formula is C60H40N2S3. The predicted molar refractivity (Wildman–Crippen MR) is 278 cm³/mol. The highest BCUT2D eigenvalue weighted by Crippen LogP contribution is 2.67. The van der Waals surface area contributed by atoms with E-state index in [0.29, 0.717) is 0 Å². The Morgan fingerprint density at radius 3 is 1.92 bits per heavy atom. The van der Waals surface area contributed by atoms with Crippen molar-refractivity contribution in [2.24, 2.45) is 0 Å². The van der Waals surface area contributed by atoms with Crippen LogP contribution in [0.3, 0.4) is 0 Å². The Hall–Kier alpha value is -7.02. The first-order valence-electron chi connectivity index (χ1n) is 22.3. The van der Waals surface area contributed by atoms with Crippen molar-refractivity contribution in [3.63, 3.8) is 0 Å². The topological polar surface area (TPSA) is 6.48 Å². The van der Waals surface area contributed by atoms with E-state index in [9.17, 15) is 0 Å². The molecule has 0 bridgehead atoms. The highest BCUT2D eigenvalue weighted by atomic mass is 32.1. The van der Waals surface area contributed by atoms with Crippen molar-refractivity contribution < 1.29 is 0 Å². The van der Waals surface area contributed by atoms with Crippen molar-refractivity contribution in [3.8, 4) is 32.0 Å². The number of thiophene rings is 3. The van der Waals surface area contributed by atoms with E-state index in [4.69, 9.17) is 0 Å². The minimum atomic E-state index is -0.434. The van der Waals surface area contributed by atoms with E-state index in [1.165, 1.54) is 96.9 Å². The van der Waals surface area contributed by atoms with Crippen LogP contribution < -0.4 is 9.80 Å². The third kappa shape index (κ3) is 5.09. The molecular weight excluding hydrogens is 845 g/mol. The summed E-state index contributed by atoms with van der Waals surface area (Å²) in [7, 11) is 0. The summed E-state index contributed by atoms with van der Waals surface area (Å²) in [5.41, 5.74) is 19.7. The maximum absolute atomic E-state index is 2.59. The lowest BCUT2D eigenvalue weighted by Gasteiger charge is -2.44. The molecule has 3 aliphatic rings. The SMILES string of the molecule is CC1(C)c2ccccc2-c2ccc(N(c3ccc(-c4ccccc4)cc3)c3cccc(N4c5ccccc5C5(c6ccsc6-c6sccc65)c5ccc6c(sc7ccccc76)c54)c3)cc21. The lowest BCUT2D eigenvalue weighted by atomic mass is 9.65. The van der Waals surface area contributed by atoms with Gasteiger partial charge in [-0.3, -0.25) is 0 Å². The number of hydrogen-bond acceptors (Lipinski definition) is 5. The Labute approximate surface area is 390 Å². The average molecular weight is 885 g/mol. The molecule has 5 heteroatoms. The molecule has 0 saturated heterocycles. The smallest absolute Gasteiger partial charge is 0.0771 e. The Balaban J connectivity index is 1.01. The summed E-state index contributed by atoms with van der Waals surface area (Å²) in [6.07, 6.45) is 0. The molecule has 4 heterocycles. The van der Waals surface area contributed by atoms with Crippen molar-refractivity contribution >= 4 is 88.3 Å². The van der Waals surface area contributed by atoms with Gasteiger partial charge in [0.2, 0.25) is 0 Å². The molecule has 308 valence electrons. The molecule has 2 aliphatic carbocycles. The zero-order valence-electron chi connectivity index (χ0n) is 35.7. The highest BCUT2D eigenvalue weighted by Gasteiger charge is 2.53. The minimum Gasteiger partial charge on any atom is -0.310 e. The fraction of sp³-hybridized carbons (Fsp3) is 0.0667. The lowest BCUT2D eigenvalue weighted by molar-refractivity contribution is 0.660. The number of rotatable bonds is 5. The molecule has 0 radical (unpaired) electrons. The van der Waals surface area contributed by atoms with Crippen LogP contribution in [0.15, 0.2) is 205 Å². The van der Waals surface area contributed by atoms with E-state index in [2.05, 4.69) is 229 Å². The molecule has 2 nitrogen and oxygen atoms in total. The van der Waals surface area contributed by atoms with Crippen LogP contribution in [0.2, 0.25) is 0 Å². The van der Waals surface area contributed by atoms with Gasteiger partial charge in [-0.25, -0.2) is 0 Å². The first-order valence-corrected chi connectivity index (χ1v) is 24.9. The average Bonchev–Trinajstić information content (AvgIpc) is 4.19. The van der Waals surface area contributed by atoms with Gasteiger partial charge in [0.05, 0.1) is 21.5 Å². The summed E-state index contributed by atoms with van der Waals surface area (Å²) >= 11 is 5.68. The molecule has 1 spiro atoms. The minimum absolute atomic E-state index is 0.135. The van der Waals surface area contributed by atoms with Crippen LogP contribution in [0.5, 0.6) is 0 Å². The summed E-state index contributed by atoms with van der Waals surface area (Å²) in [4.78, 5) is 7.85. The molecule has 65 heavy (non-hydrogen) atoms. The van der Waals surface area contributed by atoms with Crippen molar-refractivity contribution in [1.82, 2.24) is 0 Å². The van der Waals surface area contributed by atoms with Gasteiger partial charge in [-0.05, 0) is 133 Å². The summed E-state index contributed by atoms with van der Waals surface area (Å²) < 4.78 is 2.63. The number of nitrogens with zero attached hydrogens (tertiary/aromatic N) is 2. The molecule has 1 aliphatic heterocycles. The third-order valence-electron chi connectivity index (χ3n) is 14.4. The summed E-state index contributed by atoms with van der Waals surface area (Å²) in [6, 6.07) is 72.9. The predicted octanol–water partition coefficient (Wildman–Crippen LogP) is 17.8. The van der Waals surface area contributed by atoms with Gasteiger partial charge >= 0.3 is 0 Å². The zero-order chi connectivity index (χ0) is 43.0. The summed E-state index contributed by atoms with van der Waals surface area (Å²) in [5.74, 6) is 0. The van der Waals surface area contributed by atoms with Crippen LogP contribution in [0.4, 0.5) is 34.1 Å². The van der Waals surface area contributed by atoms with Gasteiger partial charge in [0, 0.05) is 53.4 Å². The van der Waals surface area contributed by atoms with Crippen molar-refractivity contribution in [1.29, 1.82) is 0 Å². The van der Waals surface area contributed by atoms with Crippen molar-refractivity contribution in [2.45, 2.75) is 24.7 Å². The lowest BCUT2D eigenvalue weighted by Crippen LogP contribution is -2.35. The number of para-hydroxylation sites is 1. The van der Waals surface area contributed by atoms with Crippen LogP contribution in [-0.2, 0) is 10.8 Å². The Morgan fingerprint density at radius 1 is 0.446 bits per heavy atom. The molecule has 14 rings (SSSR count). The van der Waals surface area contributed by atoms with E-state index in [0.717, 1.165) is 22.7 Å². The van der Waals surface area contributed by atoms with Crippen LogP contribution in [0.25, 0.3) is 52.2 Å².